The Bertz CT molecular complexity index is 366. The molecule has 0 aromatic carbocycles. The van der Waals surface area contributed by atoms with Gasteiger partial charge in [-0.2, -0.15) is 5.10 Å². The minimum absolute atomic E-state index is 0.0215. The molecule has 1 aromatic heterocycles. The lowest BCUT2D eigenvalue weighted by Crippen LogP contribution is -2.28. The highest BCUT2D eigenvalue weighted by atomic mass is 16.1. The van der Waals surface area contributed by atoms with Crippen LogP contribution in [0.15, 0.2) is 0 Å². The molecule has 0 spiro atoms. The molecule has 0 aliphatic carbocycles. The first-order valence-corrected chi connectivity index (χ1v) is 5.22. The summed E-state index contributed by atoms with van der Waals surface area (Å²) in [7, 11) is 1.85. The van der Waals surface area contributed by atoms with Gasteiger partial charge in [0.2, 0.25) is 0 Å². The van der Waals surface area contributed by atoms with Gasteiger partial charge >= 0.3 is 0 Å². The van der Waals surface area contributed by atoms with Crippen LogP contribution in [-0.4, -0.2) is 22.2 Å². The van der Waals surface area contributed by atoms with Crippen LogP contribution in [0.25, 0.3) is 0 Å². The first-order valence-electron chi connectivity index (χ1n) is 5.22. The summed E-state index contributed by atoms with van der Waals surface area (Å²) < 4.78 is 1.74. The van der Waals surface area contributed by atoms with Crippen molar-refractivity contribution in [3.8, 4) is 0 Å². The van der Waals surface area contributed by atoms with Crippen molar-refractivity contribution in [1.82, 2.24) is 15.1 Å². The van der Waals surface area contributed by atoms with E-state index >= 15 is 0 Å². The van der Waals surface area contributed by atoms with Crippen LogP contribution in [0, 0.1) is 19.8 Å². The predicted molar refractivity (Wildman–Crippen MR) is 59.9 cm³/mol. The van der Waals surface area contributed by atoms with Crippen LogP contribution >= 0.6 is 0 Å². The topological polar surface area (TPSA) is 46.9 Å². The summed E-state index contributed by atoms with van der Waals surface area (Å²) >= 11 is 0. The third-order valence-corrected chi connectivity index (χ3v) is 2.41. The van der Waals surface area contributed by atoms with Crippen molar-refractivity contribution in [3.63, 3.8) is 0 Å². The number of aryl methyl sites for hydroxylation is 2. The Labute approximate surface area is 90.7 Å². The van der Waals surface area contributed by atoms with Gasteiger partial charge in [-0.3, -0.25) is 9.48 Å². The number of rotatable bonds is 3. The summed E-state index contributed by atoms with van der Waals surface area (Å²) in [4.78, 5) is 11.8. The van der Waals surface area contributed by atoms with Gasteiger partial charge in [0.1, 0.15) is 0 Å². The van der Waals surface area contributed by atoms with Gasteiger partial charge in [0.05, 0.1) is 11.3 Å². The summed E-state index contributed by atoms with van der Waals surface area (Å²) in [6.45, 7) is 8.61. The maximum atomic E-state index is 11.8. The van der Waals surface area contributed by atoms with Gasteiger partial charge in [0.15, 0.2) is 0 Å². The van der Waals surface area contributed by atoms with Crippen molar-refractivity contribution in [3.05, 3.63) is 17.0 Å². The summed E-state index contributed by atoms with van der Waals surface area (Å²) in [6.07, 6.45) is 0. The summed E-state index contributed by atoms with van der Waals surface area (Å²) in [6, 6.07) is 0. The van der Waals surface area contributed by atoms with E-state index in [2.05, 4.69) is 24.3 Å². The molecule has 0 bridgehead atoms. The van der Waals surface area contributed by atoms with E-state index in [0.29, 0.717) is 18.0 Å². The van der Waals surface area contributed by atoms with Crippen molar-refractivity contribution < 1.29 is 4.79 Å². The number of nitrogens with one attached hydrogen (secondary N) is 1. The lowest BCUT2D eigenvalue weighted by Gasteiger charge is -2.07. The largest absolute Gasteiger partial charge is 0.352 e. The zero-order valence-corrected chi connectivity index (χ0v) is 10.1. The van der Waals surface area contributed by atoms with E-state index < -0.39 is 0 Å². The Morgan fingerprint density at radius 1 is 1.47 bits per heavy atom. The molecule has 1 aromatic rings. The molecule has 84 valence electrons. The number of nitrogens with zero attached hydrogens (tertiary/aromatic N) is 2. The van der Waals surface area contributed by atoms with Crippen LogP contribution in [0.1, 0.15) is 35.6 Å². The van der Waals surface area contributed by atoms with Crippen molar-refractivity contribution in [1.29, 1.82) is 0 Å². The second-order valence-corrected chi connectivity index (χ2v) is 4.27. The molecule has 0 radical (unpaired) electrons. The Morgan fingerprint density at radius 3 is 2.47 bits per heavy atom. The smallest absolute Gasteiger partial charge is 0.255 e. The molecule has 1 N–H and O–H groups in total. The number of amides is 1. The van der Waals surface area contributed by atoms with Gasteiger partial charge < -0.3 is 5.32 Å². The van der Waals surface area contributed by atoms with E-state index in [0.717, 1.165) is 11.4 Å². The first-order chi connectivity index (χ1) is 6.93. The van der Waals surface area contributed by atoms with Crippen LogP contribution in [0.2, 0.25) is 0 Å². The Hall–Kier alpha value is -1.32. The Kier molecular flexibility index (Phi) is 3.50. The number of carbonyl (C=O) groups excluding carboxylic acids is 1. The number of carbonyl (C=O) groups is 1. The molecule has 0 fully saturated rings. The average Bonchev–Trinajstić information content (AvgIpc) is 2.37. The van der Waals surface area contributed by atoms with Crippen molar-refractivity contribution in [2.24, 2.45) is 13.0 Å². The van der Waals surface area contributed by atoms with E-state index in [-0.39, 0.29) is 5.91 Å². The molecule has 4 heteroatoms. The third kappa shape index (κ3) is 2.58. The number of hydrogen-bond acceptors (Lipinski definition) is 2. The molecule has 0 saturated carbocycles. The van der Waals surface area contributed by atoms with E-state index in [9.17, 15) is 4.79 Å². The molecule has 0 saturated heterocycles. The zero-order valence-electron chi connectivity index (χ0n) is 10.1. The second-order valence-electron chi connectivity index (χ2n) is 4.27. The van der Waals surface area contributed by atoms with Crippen molar-refractivity contribution in [2.75, 3.05) is 6.54 Å². The second kappa shape index (κ2) is 4.47. The van der Waals surface area contributed by atoms with Crippen LogP contribution in [-0.2, 0) is 7.05 Å². The normalized spacial score (nSPS) is 10.8. The fraction of sp³-hybridized carbons (Fsp3) is 0.636. The highest BCUT2D eigenvalue weighted by molar-refractivity contribution is 5.96. The molecule has 0 unspecified atom stereocenters. The van der Waals surface area contributed by atoms with E-state index in [1.165, 1.54) is 0 Å². The zero-order chi connectivity index (χ0) is 11.6. The fourth-order valence-electron chi connectivity index (χ4n) is 1.49. The van der Waals surface area contributed by atoms with Gasteiger partial charge in [-0.1, -0.05) is 13.8 Å². The van der Waals surface area contributed by atoms with Crippen LogP contribution in [0.3, 0.4) is 0 Å². The predicted octanol–water partition coefficient (Wildman–Crippen LogP) is 1.42. The highest BCUT2D eigenvalue weighted by Gasteiger charge is 2.16. The molecule has 15 heavy (non-hydrogen) atoms. The van der Waals surface area contributed by atoms with Crippen LogP contribution < -0.4 is 5.32 Å². The highest BCUT2D eigenvalue weighted by Crippen LogP contribution is 2.11. The molecular weight excluding hydrogens is 190 g/mol. The SMILES string of the molecule is Cc1nn(C)c(C)c1C(=O)NCC(C)C. The van der Waals surface area contributed by atoms with Crippen LogP contribution in [0.4, 0.5) is 0 Å². The molecular formula is C11H19N3O. The standard InChI is InChI=1S/C11H19N3O/c1-7(2)6-12-11(15)10-8(3)13-14(5)9(10)4/h7H,6H2,1-5H3,(H,12,15). The number of aromatic nitrogens is 2. The molecule has 0 atom stereocenters. The van der Waals surface area contributed by atoms with E-state index in [4.69, 9.17) is 0 Å². The molecule has 0 aliphatic heterocycles. The van der Waals surface area contributed by atoms with Crippen molar-refractivity contribution >= 4 is 5.91 Å². The van der Waals surface area contributed by atoms with Gasteiger partial charge in [0, 0.05) is 19.3 Å². The molecule has 1 heterocycles. The van der Waals surface area contributed by atoms with Gasteiger partial charge in [-0.25, -0.2) is 0 Å². The summed E-state index contributed by atoms with van der Waals surface area (Å²) in [5, 5.41) is 7.12. The Morgan fingerprint density at radius 2 is 2.07 bits per heavy atom. The lowest BCUT2D eigenvalue weighted by atomic mass is 10.1. The van der Waals surface area contributed by atoms with Gasteiger partial charge in [0.25, 0.3) is 5.91 Å². The summed E-state index contributed by atoms with van der Waals surface area (Å²) in [5.41, 5.74) is 2.41. The van der Waals surface area contributed by atoms with E-state index in [1.807, 2.05) is 20.9 Å². The van der Waals surface area contributed by atoms with Crippen LogP contribution in [0.5, 0.6) is 0 Å². The number of hydrogen-bond donors (Lipinski definition) is 1. The Balaban J connectivity index is 2.82. The average molecular weight is 209 g/mol. The first kappa shape index (κ1) is 11.8. The lowest BCUT2D eigenvalue weighted by molar-refractivity contribution is 0.0947. The maximum Gasteiger partial charge on any atom is 0.255 e. The minimum Gasteiger partial charge on any atom is -0.352 e. The van der Waals surface area contributed by atoms with E-state index in [1.54, 1.807) is 4.68 Å². The molecule has 1 amide bonds. The monoisotopic (exact) mass is 209 g/mol. The van der Waals surface area contributed by atoms with Crippen molar-refractivity contribution in [2.45, 2.75) is 27.7 Å². The molecule has 1 rings (SSSR count). The minimum atomic E-state index is -0.0215. The van der Waals surface area contributed by atoms with Gasteiger partial charge in [-0.05, 0) is 19.8 Å². The molecule has 4 nitrogen and oxygen atoms in total. The fourth-order valence-corrected chi connectivity index (χ4v) is 1.49. The summed E-state index contributed by atoms with van der Waals surface area (Å²) in [5.74, 6) is 0.443. The third-order valence-electron chi connectivity index (χ3n) is 2.41. The quantitative estimate of drug-likeness (QED) is 0.818. The van der Waals surface area contributed by atoms with Gasteiger partial charge in [-0.15, -0.1) is 0 Å². The maximum absolute atomic E-state index is 11.8. The molecule has 0 aliphatic rings.